The lowest BCUT2D eigenvalue weighted by Crippen LogP contribution is -2.54. The molecule has 8 rings (SSSR count). The third kappa shape index (κ3) is 8.35. The summed E-state index contributed by atoms with van der Waals surface area (Å²) in [6.45, 7) is 12.0. The summed E-state index contributed by atoms with van der Waals surface area (Å²) in [4.78, 5) is 24.3. The molecule has 3 atom stereocenters. The summed E-state index contributed by atoms with van der Waals surface area (Å²) in [7, 11) is -7.58. The van der Waals surface area contributed by atoms with E-state index in [0.717, 1.165) is 39.7 Å². The predicted octanol–water partition coefficient (Wildman–Crippen LogP) is 7.89. The molecule has 2 aromatic carbocycles. The third-order valence-corrected chi connectivity index (χ3v) is 14.4. The maximum atomic E-state index is 13.4. The van der Waals surface area contributed by atoms with Crippen LogP contribution in [0.15, 0.2) is 111 Å². The van der Waals surface area contributed by atoms with Crippen molar-refractivity contribution in [2.75, 3.05) is 23.3 Å². The van der Waals surface area contributed by atoms with Gasteiger partial charge in [0.1, 0.15) is 29.4 Å². The standard InChI is InChI=1S/C26H30BrN7O2S.C13H9BrClN3O2S/c1-16-8-10-20(11-9-16)37(35,36)34-14-21(27)24-25(28-15-29-26(24)34)31-19(4)22-6-5-7-23(32-22)33-12-17(2)30-18(3)13-33;1-8-2-4-9(5-3-8)21(19,20)18-6-10(14)11-12(15)16-7-17-13(11)18/h5-11,14-15,17-19,30H,12-13H2,1-4H3,(H,28,29,31);2-7H,1H3/t17-,18+,19?;. The zero-order valence-electron chi connectivity index (χ0n) is 32.0. The summed E-state index contributed by atoms with van der Waals surface area (Å²) in [6.07, 6.45) is 5.56. The van der Waals surface area contributed by atoms with Crippen LogP contribution in [0, 0.1) is 13.8 Å². The van der Waals surface area contributed by atoms with E-state index in [1.165, 1.54) is 29.0 Å². The molecule has 14 nitrogen and oxygen atoms in total. The summed E-state index contributed by atoms with van der Waals surface area (Å²) in [6, 6.07) is 20.0. The van der Waals surface area contributed by atoms with Gasteiger partial charge in [0.2, 0.25) is 0 Å². The van der Waals surface area contributed by atoms with E-state index in [9.17, 15) is 16.8 Å². The number of piperazine rings is 1. The predicted molar refractivity (Wildman–Crippen MR) is 234 cm³/mol. The van der Waals surface area contributed by atoms with E-state index in [-0.39, 0.29) is 26.6 Å². The second-order valence-electron chi connectivity index (χ2n) is 14.1. The molecule has 1 unspecified atom stereocenters. The molecule has 0 radical (unpaired) electrons. The molecule has 2 N–H and O–H groups in total. The van der Waals surface area contributed by atoms with Gasteiger partial charge in [-0.25, -0.2) is 49.7 Å². The number of nitrogens with zero attached hydrogens (tertiary/aromatic N) is 8. The Hall–Kier alpha value is -4.46. The molecule has 1 aliphatic heterocycles. The molecule has 1 fully saturated rings. The number of aromatic nitrogens is 7. The number of halogens is 3. The number of pyridine rings is 1. The molecule has 7 aromatic rings. The number of fused-ring (bicyclic) bond motifs is 2. The average molecular weight is 971 g/mol. The molecule has 1 saturated heterocycles. The van der Waals surface area contributed by atoms with Gasteiger partial charge in [-0.15, -0.1) is 0 Å². The van der Waals surface area contributed by atoms with E-state index in [0.29, 0.717) is 43.3 Å². The van der Waals surface area contributed by atoms with Gasteiger partial charge < -0.3 is 15.5 Å². The maximum Gasteiger partial charge on any atom is 0.269 e. The van der Waals surface area contributed by atoms with E-state index in [2.05, 4.69) is 81.2 Å². The molecule has 5 aromatic heterocycles. The number of nitrogens with one attached hydrogen (secondary N) is 2. The Morgan fingerprint density at radius 1 is 0.741 bits per heavy atom. The van der Waals surface area contributed by atoms with E-state index < -0.39 is 20.0 Å². The van der Waals surface area contributed by atoms with Crippen molar-refractivity contribution in [3.63, 3.8) is 0 Å². The molecule has 0 amide bonds. The summed E-state index contributed by atoms with van der Waals surface area (Å²) in [5, 5.41) is 8.23. The Bertz CT molecular complexity index is 2850. The maximum absolute atomic E-state index is 13.4. The molecule has 6 heterocycles. The van der Waals surface area contributed by atoms with Crippen molar-refractivity contribution in [3.05, 3.63) is 123 Å². The van der Waals surface area contributed by atoms with Crippen LogP contribution in [0.5, 0.6) is 0 Å². The molecule has 302 valence electrons. The molecule has 19 heteroatoms. The summed E-state index contributed by atoms with van der Waals surface area (Å²) in [5.74, 6) is 1.47. The summed E-state index contributed by atoms with van der Waals surface area (Å²) in [5.41, 5.74) is 3.37. The number of hydrogen-bond acceptors (Lipinski definition) is 12. The van der Waals surface area contributed by atoms with Crippen LogP contribution in [-0.4, -0.2) is 74.9 Å². The Morgan fingerprint density at radius 3 is 1.79 bits per heavy atom. The SMILES string of the molecule is Cc1ccc(S(=O)(=O)n2cc(Br)c3c(Cl)ncnc32)cc1.Cc1ccc(S(=O)(=O)n2cc(Br)c3c(NC(C)c4cccc(N5C[C@@H](C)N[C@@H](C)C5)n4)ncnc32)cc1. The summed E-state index contributed by atoms with van der Waals surface area (Å²) >= 11 is 12.8. The molecule has 58 heavy (non-hydrogen) atoms. The zero-order chi connectivity index (χ0) is 41.5. The highest BCUT2D eigenvalue weighted by molar-refractivity contribution is 9.11. The fourth-order valence-electron chi connectivity index (χ4n) is 6.72. The van der Waals surface area contributed by atoms with Gasteiger partial charge in [0.15, 0.2) is 11.3 Å². The van der Waals surface area contributed by atoms with Gasteiger partial charge in [-0.1, -0.05) is 53.1 Å². The first-order chi connectivity index (χ1) is 27.5. The highest BCUT2D eigenvalue weighted by atomic mass is 79.9. The van der Waals surface area contributed by atoms with Crippen molar-refractivity contribution in [1.82, 2.24) is 38.2 Å². The first kappa shape index (κ1) is 41.7. The van der Waals surface area contributed by atoms with Crippen LogP contribution in [-0.2, 0) is 20.0 Å². The smallest absolute Gasteiger partial charge is 0.269 e. The molecule has 0 spiro atoms. The largest absolute Gasteiger partial charge is 0.361 e. The minimum atomic E-state index is -3.84. The number of rotatable bonds is 8. The average Bonchev–Trinajstić information content (AvgIpc) is 3.73. The lowest BCUT2D eigenvalue weighted by atomic mass is 10.1. The number of aryl methyl sites for hydroxylation is 2. The molecular formula is C39H39Br2ClN10O4S2. The van der Waals surface area contributed by atoms with Crippen LogP contribution in [0.1, 0.15) is 43.6 Å². The first-order valence-corrected chi connectivity index (χ1v) is 23.0. The van der Waals surface area contributed by atoms with Gasteiger partial charge in [0.25, 0.3) is 20.0 Å². The third-order valence-electron chi connectivity index (χ3n) is 9.55. The zero-order valence-corrected chi connectivity index (χ0v) is 37.5. The normalized spacial score (nSPS) is 16.6. The lowest BCUT2D eigenvalue weighted by molar-refractivity contribution is 0.405. The fraction of sp³-hybridized carbons (Fsp3) is 0.256. The molecular weight excluding hydrogens is 932 g/mol. The molecule has 1 aliphatic rings. The highest BCUT2D eigenvalue weighted by Crippen LogP contribution is 2.35. The number of anilines is 2. The van der Waals surface area contributed by atoms with Crippen LogP contribution in [0.4, 0.5) is 11.6 Å². The Morgan fingerprint density at radius 2 is 1.24 bits per heavy atom. The lowest BCUT2D eigenvalue weighted by Gasteiger charge is -2.37. The van der Waals surface area contributed by atoms with Crippen molar-refractivity contribution in [2.45, 2.75) is 62.5 Å². The van der Waals surface area contributed by atoms with E-state index >= 15 is 0 Å². The van der Waals surface area contributed by atoms with Crippen molar-refractivity contribution < 1.29 is 16.8 Å². The van der Waals surface area contributed by atoms with Crippen LogP contribution in [0.25, 0.3) is 22.1 Å². The number of hydrogen-bond donors (Lipinski definition) is 2. The first-order valence-electron chi connectivity index (χ1n) is 18.1. The molecule has 0 saturated carbocycles. The minimum Gasteiger partial charge on any atom is -0.361 e. The van der Waals surface area contributed by atoms with E-state index in [1.807, 2.05) is 39.0 Å². The summed E-state index contributed by atoms with van der Waals surface area (Å²) < 4.78 is 55.7. The molecule has 0 bridgehead atoms. The molecule has 0 aliphatic carbocycles. The van der Waals surface area contributed by atoms with Gasteiger partial charge in [-0.05, 0) is 103 Å². The fourth-order valence-corrected chi connectivity index (χ4v) is 11.1. The topological polar surface area (TPSA) is 170 Å². The van der Waals surface area contributed by atoms with Gasteiger partial charge in [0, 0.05) is 46.5 Å². The van der Waals surface area contributed by atoms with Crippen LogP contribution in [0.2, 0.25) is 5.15 Å². The van der Waals surface area contributed by atoms with Crippen molar-refractivity contribution in [2.24, 2.45) is 0 Å². The van der Waals surface area contributed by atoms with Gasteiger partial charge >= 0.3 is 0 Å². The number of benzene rings is 2. The Kier molecular flexibility index (Phi) is 12.0. The Labute approximate surface area is 358 Å². The minimum absolute atomic E-state index is 0.181. The van der Waals surface area contributed by atoms with Gasteiger partial charge in [0.05, 0.1) is 32.3 Å². The van der Waals surface area contributed by atoms with Crippen LogP contribution < -0.4 is 15.5 Å². The van der Waals surface area contributed by atoms with Crippen molar-refractivity contribution in [3.8, 4) is 0 Å². The Balaban J connectivity index is 0.000000206. The van der Waals surface area contributed by atoms with Crippen molar-refractivity contribution in [1.29, 1.82) is 0 Å². The van der Waals surface area contributed by atoms with Gasteiger partial charge in [-0.3, -0.25) is 0 Å². The second-order valence-corrected chi connectivity index (χ2v) is 19.8. The monoisotopic (exact) mass is 968 g/mol. The van der Waals surface area contributed by atoms with E-state index in [1.54, 1.807) is 48.5 Å². The second kappa shape index (κ2) is 16.7. The highest BCUT2D eigenvalue weighted by Gasteiger charge is 2.26. The van der Waals surface area contributed by atoms with E-state index in [4.69, 9.17) is 16.6 Å². The van der Waals surface area contributed by atoms with Crippen LogP contribution in [0.3, 0.4) is 0 Å². The van der Waals surface area contributed by atoms with Crippen molar-refractivity contribution >= 4 is 97.2 Å². The van der Waals surface area contributed by atoms with Gasteiger partial charge in [-0.2, -0.15) is 0 Å². The quantitative estimate of drug-likeness (QED) is 0.142. The van der Waals surface area contributed by atoms with Crippen LogP contribution >= 0.6 is 43.5 Å².